The van der Waals surface area contributed by atoms with Gasteiger partial charge in [0.25, 0.3) is 0 Å². The van der Waals surface area contributed by atoms with E-state index in [0.29, 0.717) is 11.7 Å². The van der Waals surface area contributed by atoms with Gasteiger partial charge in [0.2, 0.25) is 0 Å². The Morgan fingerprint density at radius 3 is 3.17 bits per heavy atom. The fourth-order valence-corrected chi connectivity index (χ4v) is 2.98. The Morgan fingerprint density at radius 2 is 2.44 bits per heavy atom. The summed E-state index contributed by atoms with van der Waals surface area (Å²) in [6.45, 7) is 5.15. The van der Waals surface area contributed by atoms with Crippen molar-refractivity contribution in [3.8, 4) is 0 Å². The van der Waals surface area contributed by atoms with Crippen LogP contribution < -0.4 is 0 Å². The third-order valence-electron chi connectivity index (χ3n) is 3.86. The monoisotopic (exact) mass is 248 g/mol. The van der Waals surface area contributed by atoms with E-state index in [1.54, 1.807) is 0 Å². The zero-order valence-corrected chi connectivity index (χ0v) is 10.3. The number of carbonyl (C=O) groups excluding carboxylic acids is 1. The second-order valence-electron chi connectivity index (χ2n) is 5.15. The lowest BCUT2D eigenvalue weighted by Gasteiger charge is -2.17. The lowest BCUT2D eigenvalue weighted by molar-refractivity contribution is -0.135. The van der Waals surface area contributed by atoms with Gasteiger partial charge in [-0.1, -0.05) is 12.2 Å². The summed E-state index contributed by atoms with van der Waals surface area (Å²) in [5.74, 6) is 0.505. The van der Waals surface area contributed by atoms with Crippen molar-refractivity contribution in [2.24, 2.45) is 5.92 Å². The highest BCUT2D eigenvalue weighted by Crippen LogP contribution is 2.51. The van der Waals surface area contributed by atoms with E-state index in [1.165, 1.54) is 5.57 Å². The molecule has 0 aromatic heterocycles. The Balaban J connectivity index is 1.78. The van der Waals surface area contributed by atoms with Crippen molar-refractivity contribution in [2.75, 3.05) is 6.61 Å². The van der Waals surface area contributed by atoms with Crippen LogP contribution in [0.25, 0.3) is 0 Å². The van der Waals surface area contributed by atoms with Crippen molar-refractivity contribution in [1.82, 2.24) is 0 Å². The molecule has 2 bridgehead atoms. The molecule has 3 rings (SSSR count). The first-order valence-electron chi connectivity index (χ1n) is 6.20. The van der Waals surface area contributed by atoms with Gasteiger partial charge in [0.1, 0.15) is 5.76 Å². The standard InChI is InChI=1S/C14H16O4/c1-7(6-15)14(16)18-12-5-9-4-11(12)13-10(9)3-8(2)17-13/h5,8,10,13,15H,1,3-4,6H2,2H3. The van der Waals surface area contributed by atoms with Gasteiger partial charge in [-0.2, -0.15) is 0 Å². The minimum absolute atomic E-state index is 0.0709. The van der Waals surface area contributed by atoms with Gasteiger partial charge in [0.05, 0.1) is 24.4 Å². The summed E-state index contributed by atoms with van der Waals surface area (Å²) < 4.78 is 11.1. The predicted octanol–water partition coefficient (Wildman–Crippen LogP) is 1.47. The highest BCUT2D eigenvalue weighted by atomic mass is 16.5. The summed E-state index contributed by atoms with van der Waals surface area (Å²) in [5, 5.41) is 8.84. The molecular weight excluding hydrogens is 232 g/mol. The number of aliphatic hydroxyl groups excluding tert-OH is 1. The Hall–Kier alpha value is -1.39. The summed E-state index contributed by atoms with van der Waals surface area (Å²) in [6, 6.07) is 0. The van der Waals surface area contributed by atoms with Crippen molar-refractivity contribution >= 4 is 5.97 Å². The van der Waals surface area contributed by atoms with Gasteiger partial charge in [0.15, 0.2) is 0 Å². The maximum Gasteiger partial charge on any atom is 0.341 e. The van der Waals surface area contributed by atoms with Gasteiger partial charge in [-0.05, 0) is 25.8 Å². The first-order chi connectivity index (χ1) is 8.60. The topological polar surface area (TPSA) is 55.8 Å². The molecule has 3 atom stereocenters. The maximum absolute atomic E-state index is 11.6. The zero-order valence-electron chi connectivity index (χ0n) is 10.3. The molecule has 96 valence electrons. The number of carbonyl (C=O) groups is 1. The molecule has 1 N–H and O–H groups in total. The van der Waals surface area contributed by atoms with E-state index < -0.39 is 5.97 Å². The summed E-state index contributed by atoms with van der Waals surface area (Å²) in [7, 11) is 0. The normalized spacial score (nSPS) is 32.6. The molecule has 4 heteroatoms. The van der Waals surface area contributed by atoms with Crippen LogP contribution in [0.2, 0.25) is 0 Å². The average molecular weight is 248 g/mol. The predicted molar refractivity (Wildman–Crippen MR) is 64.5 cm³/mol. The molecule has 2 aliphatic carbocycles. The molecule has 0 amide bonds. The SMILES string of the molecule is C=C(CO)C(=O)OC1=C2CC(=C1)C1CC(C)OC21. The number of aliphatic hydroxyl groups is 1. The third kappa shape index (κ3) is 1.64. The van der Waals surface area contributed by atoms with Crippen LogP contribution in [0.15, 0.2) is 35.1 Å². The van der Waals surface area contributed by atoms with Gasteiger partial charge in [0, 0.05) is 11.5 Å². The zero-order chi connectivity index (χ0) is 12.9. The van der Waals surface area contributed by atoms with E-state index in [1.807, 2.05) is 6.08 Å². The summed E-state index contributed by atoms with van der Waals surface area (Å²) in [4.78, 5) is 11.6. The smallest absolute Gasteiger partial charge is 0.341 e. The number of allylic oxidation sites excluding steroid dienone is 1. The van der Waals surface area contributed by atoms with Crippen molar-refractivity contribution in [3.63, 3.8) is 0 Å². The first kappa shape index (κ1) is 11.7. The number of fused-ring (bicyclic) bond motifs is 5. The molecular formula is C14H16O4. The van der Waals surface area contributed by atoms with Crippen LogP contribution in [0.4, 0.5) is 0 Å². The van der Waals surface area contributed by atoms with Crippen LogP contribution >= 0.6 is 0 Å². The number of hydrogen-bond donors (Lipinski definition) is 1. The molecule has 2 fully saturated rings. The largest absolute Gasteiger partial charge is 0.423 e. The molecule has 1 heterocycles. The number of ether oxygens (including phenoxy) is 2. The third-order valence-corrected chi connectivity index (χ3v) is 3.86. The quantitative estimate of drug-likeness (QED) is 0.607. The summed E-state index contributed by atoms with van der Waals surface area (Å²) in [5.41, 5.74) is 2.44. The fourth-order valence-electron chi connectivity index (χ4n) is 2.98. The van der Waals surface area contributed by atoms with E-state index in [4.69, 9.17) is 14.6 Å². The second-order valence-corrected chi connectivity index (χ2v) is 5.15. The van der Waals surface area contributed by atoms with Crippen LogP contribution in [0.3, 0.4) is 0 Å². The molecule has 1 aliphatic heterocycles. The van der Waals surface area contributed by atoms with Crippen LogP contribution in [0.1, 0.15) is 19.8 Å². The van der Waals surface area contributed by atoms with Crippen LogP contribution in [-0.4, -0.2) is 29.9 Å². The number of hydrogen-bond acceptors (Lipinski definition) is 4. The first-order valence-corrected chi connectivity index (χ1v) is 6.20. The second kappa shape index (κ2) is 4.07. The van der Waals surface area contributed by atoms with E-state index in [2.05, 4.69) is 13.5 Å². The van der Waals surface area contributed by atoms with Gasteiger partial charge >= 0.3 is 5.97 Å². The minimum atomic E-state index is -0.563. The Labute approximate surface area is 106 Å². The number of rotatable bonds is 3. The highest BCUT2D eigenvalue weighted by molar-refractivity contribution is 5.89. The molecule has 1 saturated heterocycles. The molecule has 0 spiro atoms. The van der Waals surface area contributed by atoms with E-state index in [-0.39, 0.29) is 24.4 Å². The summed E-state index contributed by atoms with van der Waals surface area (Å²) in [6.07, 6.45) is 4.20. The molecule has 1 saturated carbocycles. The Bertz CT molecular complexity index is 486. The Morgan fingerprint density at radius 1 is 1.67 bits per heavy atom. The molecule has 4 nitrogen and oxygen atoms in total. The van der Waals surface area contributed by atoms with Crippen LogP contribution in [-0.2, 0) is 14.3 Å². The van der Waals surface area contributed by atoms with Crippen LogP contribution in [0.5, 0.6) is 0 Å². The molecule has 3 unspecified atom stereocenters. The van der Waals surface area contributed by atoms with Crippen molar-refractivity contribution in [3.05, 3.63) is 35.1 Å². The fraction of sp³-hybridized carbons (Fsp3) is 0.500. The van der Waals surface area contributed by atoms with Crippen LogP contribution in [0, 0.1) is 5.92 Å². The lowest BCUT2D eigenvalue weighted by atomic mass is 9.94. The van der Waals surface area contributed by atoms with E-state index in [9.17, 15) is 4.79 Å². The van der Waals surface area contributed by atoms with Gasteiger partial charge < -0.3 is 14.6 Å². The summed E-state index contributed by atoms with van der Waals surface area (Å²) >= 11 is 0. The number of esters is 1. The average Bonchev–Trinajstić information content (AvgIpc) is 2.98. The molecule has 3 aliphatic rings. The minimum Gasteiger partial charge on any atom is -0.423 e. The van der Waals surface area contributed by atoms with Gasteiger partial charge in [-0.3, -0.25) is 0 Å². The maximum atomic E-state index is 11.6. The van der Waals surface area contributed by atoms with Gasteiger partial charge in [-0.25, -0.2) is 4.79 Å². The van der Waals surface area contributed by atoms with Crippen molar-refractivity contribution in [1.29, 1.82) is 0 Å². The highest BCUT2D eigenvalue weighted by Gasteiger charge is 2.47. The van der Waals surface area contributed by atoms with E-state index in [0.717, 1.165) is 18.4 Å². The Kier molecular flexibility index (Phi) is 2.64. The lowest BCUT2D eigenvalue weighted by Crippen LogP contribution is -2.18. The van der Waals surface area contributed by atoms with E-state index >= 15 is 0 Å². The molecule has 0 radical (unpaired) electrons. The molecule has 18 heavy (non-hydrogen) atoms. The van der Waals surface area contributed by atoms with Crippen molar-refractivity contribution < 1.29 is 19.4 Å². The molecule has 0 aromatic carbocycles. The molecule has 0 aromatic rings. The van der Waals surface area contributed by atoms with Gasteiger partial charge in [-0.15, -0.1) is 0 Å². The van der Waals surface area contributed by atoms with Crippen molar-refractivity contribution in [2.45, 2.75) is 32.0 Å².